The van der Waals surface area contributed by atoms with Gasteiger partial charge in [0.15, 0.2) is 5.13 Å². The van der Waals surface area contributed by atoms with Gasteiger partial charge in [0.25, 0.3) is 0 Å². The van der Waals surface area contributed by atoms with Crippen LogP contribution in [0.2, 0.25) is 0 Å². The summed E-state index contributed by atoms with van der Waals surface area (Å²) in [7, 11) is 0. The van der Waals surface area contributed by atoms with E-state index in [1.54, 1.807) is 30.0 Å². The lowest BCUT2D eigenvalue weighted by molar-refractivity contribution is -0.115. The number of halogens is 1. The third kappa shape index (κ3) is 4.37. The van der Waals surface area contributed by atoms with Crippen LogP contribution >= 0.6 is 35.3 Å². The number of aromatic nitrogens is 1. The highest BCUT2D eigenvalue weighted by atomic mass is 32.2. The van der Waals surface area contributed by atoms with Gasteiger partial charge in [0.2, 0.25) is 5.91 Å². The van der Waals surface area contributed by atoms with Gasteiger partial charge in [-0.25, -0.2) is 9.37 Å². The summed E-state index contributed by atoms with van der Waals surface area (Å²) in [5.74, 6) is -0.0697. The number of para-hydroxylation sites is 1. The number of carbonyl (C=O) groups excluding carboxylic acids is 1. The van der Waals surface area contributed by atoms with Crippen LogP contribution in [-0.2, 0) is 10.5 Å². The Labute approximate surface area is 160 Å². The monoisotopic (exact) mass is 395 g/mol. The van der Waals surface area contributed by atoms with Crippen LogP contribution in [0.5, 0.6) is 0 Å². The lowest BCUT2D eigenvalue weighted by atomic mass is 10.3. The summed E-state index contributed by atoms with van der Waals surface area (Å²) in [5.41, 5.74) is 1.06. The molecule has 1 aliphatic rings. The minimum Gasteiger partial charge on any atom is -0.358 e. The van der Waals surface area contributed by atoms with Crippen LogP contribution in [0, 0.1) is 5.82 Å². The molecule has 0 aliphatic carbocycles. The predicted molar refractivity (Wildman–Crippen MR) is 106 cm³/mol. The van der Waals surface area contributed by atoms with Gasteiger partial charge < -0.3 is 4.90 Å². The highest BCUT2D eigenvalue weighted by Crippen LogP contribution is 2.32. The van der Waals surface area contributed by atoms with Crippen LogP contribution in [0.25, 0.3) is 0 Å². The number of hydrogen-bond donors (Lipinski definition) is 0. The van der Waals surface area contributed by atoms with Gasteiger partial charge in [0, 0.05) is 31.1 Å². The number of thiazole rings is 1. The number of thiocarbonyl (C=S) groups is 1. The zero-order valence-corrected chi connectivity index (χ0v) is 16.2. The fourth-order valence-electron chi connectivity index (χ4n) is 2.63. The van der Waals surface area contributed by atoms with Gasteiger partial charge in [-0.15, -0.1) is 11.3 Å². The molecular formula is C17H18FN3OS3. The zero-order chi connectivity index (χ0) is 17.8. The molecule has 0 unspecified atom stereocenters. The Morgan fingerprint density at radius 1 is 1.40 bits per heavy atom. The van der Waals surface area contributed by atoms with Gasteiger partial charge in [0.05, 0.1) is 11.4 Å². The zero-order valence-electron chi connectivity index (χ0n) is 13.8. The SMILES string of the molecule is CC(=O)N(c1nc(CSC(=S)N2CCCC2)cs1)c1ccccc1F. The Kier molecular flexibility index (Phi) is 6.03. The first-order valence-electron chi connectivity index (χ1n) is 7.97. The highest BCUT2D eigenvalue weighted by Gasteiger charge is 2.21. The van der Waals surface area contributed by atoms with Crippen LogP contribution in [0.4, 0.5) is 15.2 Å². The van der Waals surface area contributed by atoms with Gasteiger partial charge in [-0.3, -0.25) is 9.69 Å². The van der Waals surface area contributed by atoms with E-state index in [1.807, 2.05) is 5.38 Å². The van der Waals surface area contributed by atoms with Crippen LogP contribution in [0.15, 0.2) is 29.6 Å². The van der Waals surface area contributed by atoms with E-state index < -0.39 is 5.82 Å². The predicted octanol–water partition coefficient (Wildman–Crippen LogP) is 4.58. The summed E-state index contributed by atoms with van der Waals surface area (Å²) >= 11 is 8.37. The lowest BCUT2D eigenvalue weighted by Gasteiger charge is -2.18. The summed E-state index contributed by atoms with van der Waals surface area (Å²) in [6.07, 6.45) is 2.38. The second-order valence-corrected chi connectivity index (χ2v) is 8.12. The molecule has 1 fully saturated rings. The topological polar surface area (TPSA) is 36.4 Å². The van der Waals surface area contributed by atoms with Crippen molar-refractivity contribution in [2.45, 2.75) is 25.5 Å². The fourth-order valence-corrected chi connectivity index (χ4v) is 4.76. The lowest BCUT2D eigenvalue weighted by Crippen LogP contribution is -2.24. The number of nitrogens with zero attached hydrogens (tertiary/aromatic N) is 3. The van der Waals surface area contributed by atoms with Gasteiger partial charge >= 0.3 is 0 Å². The Hall–Kier alpha value is -1.51. The van der Waals surface area contributed by atoms with Crippen molar-refractivity contribution in [3.05, 3.63) is 41.2 Å². The van der Waals surface area contributed by atoms with Crippen LogP contribution < -0.4 is 4.90 Å². The van der Waals surface area contributed by atoms with E-state index in [-0.39, 0.29) is 11.6 Å². The van der Waals surface area contributed by atoms with Crippen molar-refractivity contribution in [3.8, 4) is 0 Å². The number of amides is 1. The molecule has 0 bridgehead atoms. The maximum absolute atomic E-state index is 14.1. The molecule has 132 valence electrons. The smallest absolute Gasteiger partial charge is 0.230 e. The maximum Gasteiger partial charge on any atom is 0.230 e. The Balaban J connectivity index is 1.71. The van der Waals surface area contributed by atoms with Gasteiger partial charge in [-0.1, -0.05) is 36.1 Å². The third-order valence-electron chi connectivity index (χ3n) is 3.85. The molecule has 2 heterocycles. The average molecular weight is 396 g/mol. The van der Waals surface area contributed by atoms with Crippen molar-refractivity contribution < 1.29 is 9.18 Å². The molecule has 25 heavy (non-hydrogen) atoms. The van der Waals surface area contributed by atoms with Crippen molar-refractivity contribution in [1.82, 2.24) is 9.88 Å². The molecule has 1 saturated heterocycles. The standard InChI is InChI=1S/C17H18FN3OS3/c1-12(22)21(15-7-3-2-6-14(15)18)16-19-13(10-24-16)11-25-17(23)20-8-4-5-9-20/h2-3,6-7,10H,4-5,8-9,11H2,1H3. The van der Waals surface area contributed by atoms with Crippen LogP contribution in [0.3, 0.4) is 0 Å². The third-order valence-corrected chi connectivity index (χ3v) is 6.28. The molecule has 4 nitrogen and oxygen atoms in total. The molecule has 0 radical (unpaired) electrons. The minimum absolute atomic E-state index is 0.219. The van der Waals surface area contributed by atoms with Gasteiger partial charge in [-0.05, 0) is 25.0 Å². The Bertz CT molecular complexity index is 774. The van der Waals surface area contributed by atoms with Crippen LogP contribution in [-0.4, -0.2) is 33.2 Å². The van der Waals surface area contributed by atoms with E-state index in [0.29, 0.717) is 10.9 Å². The van der Waals surface area contributed by atoms with E-state index >= 15 is 0 Å². The highest BCUT2D eigenvalue weighted by molar-refractivity contribution is 8.22. The molecule has 0 spiro atoms. The molecule has 0 atom stereocenters. The molecule has 0 N–H and O–H groups in total. The first-order chi connectivity index (χ1) is 12.1. The molecule has 8 heteroatoms. The van der Waals surface area contributed by atoms with Crippen molar-refractivity contribution in [2.24, 2.45) is 0 Å². The molecular weight excluding hydrogens is 377 g/mol. The summed E-state index contributed by atoms with van der Waals surface area (Å²) in [4.78, 5) is 20.1. The summed E-state index contributed by atoms with van der Waals surface area (Å²) in [6, 6.07) is 6.22. The number of rotatable bonds is 4. The fraction of sp³-hybridized carbons (Fsp3) is 0.353. The normalized spacial score (nSPS) is 13.9. The average Bonchev–Trinajstić information content (AvgIpc) is 3.26. The molecule has 2 aromatic rings. The first kappa shape index (κ1) is 18.3. The number of benzene rings is 1. The van der Waals surface area contributed by atoms with Crippen LogP contribution in [0.1, 0.15) is 25.5 Å². The van der Waals surface area contributed by atoms with E-state index in [2.05, 4.69) is 9.88 Å². The second kappa shape index (κ2) is 8.25. The minimum atomic E-state index is -0.445. The Morgan fingerprint density at radius 2 is 2.12 bits per heavy atom. The number of likely N-dealkylation sites (tertiary alicyclic amines) is 1. The molecule has 0 saturated carbocycles. The van der Waals surface area contributed by atoms with E-state index in [4.69, 9.17) is 12.2 Å². The second-order valence-electron chi connectivity index (χ2n) is 5.68. The van der Waals surface area contributed by atoms with Gasteiger partial charge in [0.1, 0.15) is 10.1 Å². The summed E-state index contributed by atoms with van der Waals surface area (Å²) in [6.45, 7) is 3.46. The summed E-state index contributed by atoms with van der Waals surface area (Å²) in [5, 5.41) is 2.37. The van der Waals surface area contributed by atoms with Gasteiger partial charge in [-0.2, -0.15) is 0 Å². The number of thioether (sulfide) groups is 1. The summed E-state index contributed by atoms with van der Waals surface area (Å²) < 4.78 is 15.0. The number of carbonyl (C=O) groups is 1. The van der Waals surface area contributed by atoms with Crippen molar-refractivity contribution in [2.75, 3.05) is 18.0 Å². The number of anilines is 2. The maximum atomic E-state index is 14.1. The van der Waals surface area contributed by atoms with Crippen molar-refractivity contribution in [1.29, 1.82) is 0 Å². The first-order valence-corrected chi connectivity index (χ1v) is 10.2. The largest absolute Gasteiger partial charge is 0.358 e. The quantitative estimate of drug-likeness (QED) is 0.708. The molecule has 3 rings (SSSR count). The van der Waals surface area contributed by atoms with E-state index in [1.165, 1.54) is 42.1 Å². The van der Waals surface area contributed by atoms with E-state index in [0.717, 1.165) is 23.1 Å². The molecule has 1 aromatic heterocycles. The van der Waals surface area contributed by atoms with Crippen molar-refractivity contribution >= 4 is 56.4 Å². The van der Waals surface area contributed by atoms with Crippen molar-refractivity contribution in [3.63, 3.8) is 0 Å². The Morgan fingerprint density at radius 3 is 2.80 bits per heavy atom. The number of hydrogen-bond acceptors (Lipinski definition) is 5. The van der Waals surface area contributed by atoms with E-state index in [9.17, 15) is 9.18 Å². The molecule has 1 aliphatic heterocycles. The molecule has 1 aromatic carbocycles. The molecule has 1 amide bonds.